The van der Waals surface area contributed by atoms with E-state index in [-0.39, 0.29) is 4.90 Å². The third-order valence-corrected chi connectivity index (χ3v) is 4.27. The van der Waals surface area contributed by atoms with Crippen LogP contribution in [0.1, 0.15) is 6.42 Å². The first kappa shape index (κ1) is 10.4. The van der Waals surface area contributed by atoms with Crippen molar-refractivity contribution in [2.75, 3.05) is 13.1 Å². The van der Waals surface area contributed by atoms with Crippen LogP contribution in [0.25, 0.3) is 0 Å². The first-order valence-corrected chi connectivity index (χ1v) is 5.94. The molecule has 1 heterocycles. The Morgan fingerprint density at radius 2 is 2.00 bits per heavy atom. The zero-order valence-corrected chi connectivity index (χ0v) is 8.67. The van der Waals surface area contributed by atoms with Gasteiger partial charge in [-0.1, -0.05) is 0 Å². The zero-order valence-electron chi connectivity index (χ0n) is 7.85. The van der Waals surface area contributed by atoms with Gasteiger partial charge in [0.1, 0.15) is 0 Å². The van der Waals surface area contributed by atoms with Gasteiger partial charge in [0.05, 0.1) is 4.90 Å². The average molecular weight is 231 g/mol. The molecule has 0 amide bonds. The molecule has 0 unspecified atom stereocenters. The SMILES string of the molecule is O=S(=O)(c1ccc(O)c(F)c1)N1CCC1. The van der Waals surface area contributed by atoms with Gasteiger partial charge in [-0.05, 0) is 24.6 Å². The molecule has 0 radical (unpaired) electrons. The third-order valence-electron chi connectivity index (χ3n) is 2.37. The van der Waals surface area contributed by atoms with Gasteiger partial charge < -0.3 is 5.11 Å². The molecular formula is C9H10FNO3S. The van der Waals surface area contributed by atoms with Crippen molar-refractivity contribution in [1.82, 2.24) is 4.31 Å². The topological polar surface area (TPSA) is 57.6 Å². The lowest BCUT2D eigenvalue weighted by atomic mass is 10.3. The lowest BCUT2D eigenvalue weighted by Crippen LogP contribution is -2.41. The normalized spacial score (nSPS) is 17.4. The molecule has 4 nitrogen and oxygen atoms in total. The number of phenolic OH excluding ortho intramolecular Hbond substituents is 1. The average Bonchev–Trinajstić information content (AvgIpc) is 2.05. The van der Waals surface area contributed by atoms with Crippen molar-refractivity contribution < 1.29 is 17.9 Å². The molecule has 1 N–H and O–H groups in total. The minimum Gasteiger partial charge on any atom is -0.505 e. The first-order chi connectivity index (χ1) is 7.01. The molecule has 0 atom stereocenters. The highest BCUT2D eigenvalue weighted by Crippen LogP contribution is 2.24. The molecule has 15 heavy (non-hydrogen) atoms. The summed E-state index contributed by atoms with van der Waals surface area (Å²) in [4.78, 5) is -0.113. The number of rotatable bonds is 2. The predicted octanol–water partition coefficient (Wildman–Crippen LogP) is 0.926. The highest BCUT2D eigenvalue weighted by molar-refractivity contribution is 7.89. The summed E-state index contributed by atoms with van der Waals surface area (Å²) in [6.07, 6.45) is 0.833. The zero-order chi connectivity index (χ0) is 11.1. The second-order valence-electron chi connectivity index (χ2n) is 3.37. The number of phenols is 1. The second-order valence-corrected chi connectivity index (χ2v) is 5.31. The number of halogens is 1. The van der Waals surface area contributed by atoms with Gasteiger partial charge in [0.2, 0.25) is 10.0 Å². The number of nitrogens with zero attached hydrogens (tertiary/aromatic N) is 1. The van der Waals surface area contributed by atoms with E-state index in [0.29, 0.717) is 13.1 Å². The van der Waals surface area contributed by atoms with Gasteiger partial charge >= 0.3 is 0 Å². The van der Waals surface area contributed by atoms with Gasteiger partial charge in [0.25, 0.3) is 0 Å². The fourth-order valence-corrected chi connectivity index (χ4v) is 2.85. The van der Waals surface area contributed by atoms with Crippen LogP contribution in [0.2, 0.25) is 0 Å². The quantitative estimate of drug-likeness (QED) is 0.823. The predicted molar refractivity (Wildman–Crippen MR) is 51.4 cm³/mol. The van der Waals surface area contributed by atoms with Crippen LogP contribution in [0.15, 0.2) is 23.1 Å². The van der Waals surface area contributed by atoms with Gasteiger partial charge in [-0.3, -0.25) is 0 Å². The Morgan fingerprint density at radius 3 is 2.47 bits per heavy atom. The monoisotopic (exact) mass is 231 g/mol. The van der Waals surface area contributed by atoms with Gasteiger partial charge in [-0.2, -0.15) is 4.31 Å². The highest BCUT2D eigenvalue weighted by atomic mass is 32.2. The summed E-state index contributed by atoms with van der Waals surface area (Å²) in [6, 6.07) is 3.08. The van der Waals surface area contributed by atoms with Crippen LogP contribution in [0.4, 0.5) is 4.39 Å². The fraction of sp³-hybridized carbons (Fsp3) is 0.333. The molecule has 0 bridgehead atoms. The standard InChI is InChI=1S/C9H10FNO3S/c10-8-6-7(2-3-9(8)12)15(13,14)11-4-1-5-11/h2-3,6,12H,1,4-5H2. The Morgan fingerprint density at radius 1 is 1.33 bits per heavy atom. The maximum atomic E-state index is 13.0. The Balaban J connectivity index is 2.40. The van der Waals surface area contributed by atoms with Crippen molar-refractivity contribution >= 4 is 10.0 Å². The van der Waals surface area contributed by atoms with Crippen molar-refractivity contribution in [2.24, 2.45) is 0 Å². The van der Waals surface area contributed by atoms with Crippen LogP contribution in [-0.4, -0.2) is 30.9 Å². The molecule has 1 fully saturated rings. The van der Waals surface area contributed by atoms with Crippen molar-refractivity contribution in [3.05, 3.63) is 24.0 Å². The molecule has 6 heteroatoms. The molecule has 1 aliphatic rings. The summed E-state index contributed by atoms with van der Waals surface area (Å²) in [6.45, 7) is 0.954. The van der Waals surface area contributed by atoms with Gasteiger partial charge in [0.15, 0.2) is 11.6 Å². The van der Waals surface area contributed by atoms with E-state index in [2.05, 4.69) is 0 Å². The number of benzene rings is 1. The van der Waals surface area contributed by atoms with Crippen LogP contribution >= 0.6 is 0 Å². The maximum Gasteiger partial charge on any atom is 0.243 e. The highest BCUT2D eigenvalue weighted by Gasteiger charge is 2.29. The van der Waals surface area contributed by atoms with Crippen molar-refractivity contribution in [3.8, 4) is 5.75 Å². The van der Waals surface area contributed by atoms with E-state index in [1.807, 2.05) is 0 Å². The molecule has 0 aliphatic carbocycles. The molecule has 0 aromatic heterocycles. The Bertz CT molecular complexity index is 482. The van der Waals surface area contributed by atoms with Crippen molar-refractivity contribution in [1.29, 1.82) is 0 Å². The van der Waals surface area contributed by atoms with E-state index in [1.54, 1.807) is 0 Å². The number of sulfonamides is 1. The minimum atomic E-state index is -3.56. The van der Waals surface area contributed by atoms with Crippen molar-refractivity contribution in [2.45, 2.75) is 11.3 Å². The first-order valence-electron chi connectivity index (χ1n) is 4.50. The summed E-state index contributed by atoms with van der Waals surface area (Å²) in [5, 5.41) is 8.94. The largest absolute Gasteiger partial charge is 0.505 e. The molecule has 1 aromatic rings. The summed E-state index contributed by atoms with van der Waals surface area (Å²) in [7, 11) is -3.56. The molecular weight excluding hydrogens is 221 g/mol. The Kier molecular flexibility index (Phi) is 2.40. The maximum absolute atomic E-state index is 13.0. The second kappa shape index (κ2) is 3.46. The fourth-order valence-electron chi connectivity index (χ4n) is 1.32. The van der Waals surface area contributed by atoms with E-state index in [1.165, 1.54) is 10.4 Å². The van der Waals surface area contributed by atoms with E-state index in [0.717, 1.165) is 18.6 Å². The van der Waals surface area contributed by atoms with Crippen molar-refractivity contribution in [3.63, 3.8) is 0 Å². The van der Waals surface area contributed by atoms with Crippen LogP contribution < -0.4 is 0 Å². The Labute approximate surface area is 87.0 Å². The molecule has 1 aromatic carbocycles. The number of hydrogen-bond acceptors (Lipinski definition) is 3. The third kappa shape index (κ3) is 1.70. The van der Waals surface area contributed by atoms with Gasteiger partial charge in [-0.15, -0.1) is 0 Å². The molecule has 1 aliphatic heterocycles. The minimum absolute atomic E-state index is 0.113. The smallest absolute Gasteiger partial charge is 0.243 e. The lowest BCUT2D eigenvalue weighted by molar-refractivity contribution is 0.309. The van der Waals surface area contributed by atoms with Crippen LogP contribution in [0.3, 0.4) is 0 Å². The van der Waals surface area contributed by atoms with E-state index < -0.39 is 21.6 Å². The van der Waals surface area contributed by atoms with Gasteiger partial charge in [0, 0.05) is 13.1 Å². The summed E-state index contributed by atoms with van der Waals surface area (Å²) in [5.74, 6) is -1.46. The number of hydrogen-bond donors (Lipinski definition) is 1. The lowest BCUT2D eigenvalue weighted by Gasteiger charge is -2.29. The van der Waals surface area contributed by atoms with E-state index in [9.17, 15) is 12.8 Å². The molecule has 0 saturated carbocycles. The summed E-state index contributed by atoms with van der Waals surface area (Å²) < 4.78 is 37.7. The summed E-state index contributed by atoms with van der Waals surface area (Å²) >= 11 is 0. The van der Waals surface area contributed by atoms with Crippen LogP contribution in [-0.2, 0) is 10.0 Å². The van der Waals surface area contributed by atoms with Gasteiger partial charge in [-0.25, -0.2) is 12.8 Å². The number of aromatic hydroxyl groups is 1. The van der Waals surface area contributed by atoms with Crippen LogP contribution in [0.5, 0.6) is 5.75 Å². The molecule has 0 spiro atoms. The summed E-state index contributed by atoms with van der Waals surface area (Å²) in [5.41, 5.74) is 0. The van der Waals surface area contributed by atoms with Crippen LogP contribution in [0, 0.1) is 5.82 Å². The van der Waals surface area contributed by atoms with E-state index in [4.69, 9.17) is 5.11 Å². The molecule has 1 saturated heterocycles. The Hall–Kier alpha value is -1.14. The van der Waals surface area contributed by atoms with E-state index >= 15 is 0 Å². The molecule has 2 rings (SSSR count). The molecule has 82 valence electrons.